The molecule has 3 nitrogen and oxygen atoms in total. The van der Waals surface area contributed by atoms with Gasteiger partial charge in [-0.25, -0.2) is 9.18 Å². The van der Waals surface area contributed by atoms with Gasteiger partial charge in [0.2, 0.25) is 0 Å². The summed E-state index contributed by atoms with van der Waals surface area (Å²) in [6, 6.07) is 4.58. The fourth-order valence-electron chi connectivity index (χ4n) is 3.16. The first-order chi connectivity index (χ1) is 9.97. The van der Waals surface area contributed by atoms with Gasteiger partial charge in [0, 0.05) is 11.7 Å². The molecule has 1 saturated carbocycles. The minimum Gasteiger partial charge on any atom is -0.478 e. The van der Waals surface area contributed by atoms with E-state index in [1.54, 1.807) is 6.07 Å². The Morgan fingerprint density at radius 3 is 2.71 bits per heavy atom. The first kappa shape index (κ1) is 15.8. The number of carboxylic acid groups (broad SMARTS) is 1. The molecule has 2 N–H and O–H groups in total. The van der Waals surface area contributed by atoms with Crippen molar-refractivity contribution < 1.29 is 14.3 Å². The second-order valence-electron chi connectivity index (χ2n) is 6.35. The lowest BCUT2D eigenvalue weighted by molar-refractivity contribution is 0.0692. The molecule has 0 radical (unpaired) electrons. The van der Waals surface area contributed by atoms with Crippen LogP contribution in [-0.4, -0.2) is 17.1 Å². The second-order valence-corrected chi connectivity index (χ2v) is 6.35. The molecule has 1 aliphatic rings. The standard InChI is InChI=1S/C17H24FNO2/c1-11(2)12-4-3-5-13(7-6-12)19-14-8-9-16(18)15(10-14)17(20)21/h8-13,19H,3-7H2,1-2H3,(H,20,21). The van der Waals surface area contributed by atoms with Gasteiger partial charge in [0.25, 0.3) is 0 Å². The van der Waals surface area contributed by atoms with Gasteiger partial charge < -0.3 is 10.4 Å². The lowest BCUT2D eigenvalue weighted by Gasteiger charge is -2.20. The molecule has 0 aliphatic heterocycles. The van der Waals surface area contributed by atoms with Crippen molar-refractivity contribution in [2.75, 3.05) is 5.32 Å². The van der Waals surface area contributed by atoms with Crippen LogP contribution in [0.2, 0.25) is 0 Å². The van der Waals surface area contributed by atoms with Gasteiger partial charge in [-0.3, -0.25) is 0 Å². The second kappa shape index (κ2) is 6.92. The van der Waals surface area contributed by atoms with Gasteiger partial charge in [0.15, 0.2) is 0 Å². The van der Waals surface area contributed by atoms with Gasteiger partial charge in [-0.15, -0.1) is 0 Å². The van der Waals surface area contributed by atoms with E-state index in [1.165, 1.54) is 31.4 Å². The number of hydrogen-bond donors (Lipinski definition) is 2. The summed E-state index contributed by atoms with van der Waals surface area (Å²) in [5.74, 6) is -0.418. The molecular formula is C17H24FNO2. The Balaban J connectivity index is 2.01. The quantitative estimate of drug-likeness (QED) is 0.801. The molecule has 0 bridgehead atoms. The molecule has 0 aromatic heterocycles. The fraction of sp³-hybridized carbons (Fsp3) is 0.588. The molecule has 1 aromatic carbocycles. The molecule has 2 atom stereocenters. The first-order valence-electron chi connectivity index (χ1n) is 7.76. The highest BCUT2D eigenvalue weighted by Crippen LogP contribution is 2.30. The van der Waals surface area contributed by atoms with Gasteiger partial charge in [0.1, 0.15) is 5.82 Å². The van der Waals surface area contributed by atoms with E-state index >= 15 is 0 Å². The fourth-order valence-corrected chi connectivity index (χ4v) is 3.16. The molecule has 1 aromatic rings. The molecule has 0 amide bonds. The number of rotatable bonds is 4. The summed E-state index contributed by atoms with van der Waals surface area (Å²) < 4.78 is 13.4. The maximum absolute atomic E-state index is 13.4. The zero-order valence-electron chi connectivity index (χ0n) is 12.7. The Labute approximate surface area is 125 Å². The Morgan fingerprint density at radius 2 is 2.05 bits per heavy atom. The summed E-state index contributed by atoms with van der Waals surface area (Å²) in [6.07, 6.45) is 5.82. The van der Waals surface area contributed by atoms with Crippen molar-refractivity contribution in [2.45, 2.75) is 52.0 Å². The van der Waals surface area contributed by atoms with Crippen LogP contribution in [0.1, 0.15) is 56.3 Å². The number of aromatic carboxylic acids is 1. The molecule has 2 unspecified atom stereocenters. The molecular weight excluding hydrogens is 269 g/mol. The number of halogens is 1. The molecule has 0 heterocycles. The smallest absolute Gasteiger partial charge is 0.338 e. The number of carboxylic acids is 1. The van der Waals surface area contributed by atoms with Crippen LogP contribution in [0, 0.1) is 17.7 Å². The Morgan fingerprint density at radius 1 is 1.29 bits per heavy atom. The van der Waals surface area contributed by atoms with Crippen LogP contribution in [0.5, 0.6) is 0 Å². The Hall–Kier alpha value is -1.58. The van der Waals surface area contributed by atoms with E-state index in [4.69, 9.17) is 5.11 Å². The number of benzene rings is 1. The van der Waals surface area contributed by atoms with E-state index in [-0.39, 0.29) is 5.56 Å². The summed E-state index contributed by atoms with van der Waals surface area (Å²) in [7, 11) is 0. The molecule has 4 heteroatoms. The molecule has 21 heavy (non-hydrogen) atoms. The summed E-state index contributed by atoms with van der Waals surface area (Å²) in [4.78, 5) is 11.0. The van der Waals surface area contributed by atoms with Crippen molar-refractivity contribution >= 4 is 11.7 Å². The molecule has 1 fully saturated rings. The van der Waals surface area contributed by atoms with E-state index in [0.29, 0.717) is 17.6 Å². The maximum Gasteiger partial charge on any atom is 0.338 e. The van der Waals surface area contributed by atoms with Crippen molar-refractivity contribution in [3.63, 3.8) is 0 Å². The minimum absolute atomic E-state index is 0.270. The number of carbonyl (C=O) groups is 1. The zero-order chi connectivity index (χ0) is 15.4. The third-order valence-electron chi connectivity index (χ3n) is 4.52. The normalized spacial score (nSPS) is 22.9. The van der Waals surface area contributed by atoms with Crippen LogP contribution >= 0.6 is 0 Å². The molecule has 116 valence electrons. The van der Waals surface area contributed by atoms with Gasteiger partial charge in [0.05, 0.1) is 5.56 Å². The summed E-state index contributed by atoms with van der Waals surface area (Å²) >= 11 is 0. The topological polar surface area (TPSA) is 49.3 Å². The van der Waals surface area contributed by atoms with Crippen molar-refractivity contribution in [1.82, 2.24) is 0 Å². The van der Waals surface area contributed by atoms with E-state index in [0.717, 1.165) is 18.8 Å². The average molecular weight is 293 g/mol. The van der Waals surface area contributed by atoms with E-state index in [2.05, 4.69) is 19.2 Å². The van der Waals surface area contributed by atoms with Crippen LogP contribution in [-0.2, 0) is 0 Å². The van der Waals surface area contributed by atoms with Crippen LogP contribution in [0.15, 0.2) is 18.2 Å². The monoisotopic (exact) mass is 293 g/mol. The van der Waals surface area contributed by atoms with Crippen molar-refractivity contribution in [3.05, 3.63) is 29.6 Å². The van der Waals surface area contributed by atoms with Crippen molar-refractivity contribution in [2.24, 2.45) is 11.8 Å². The highest BCUT2D eigenvalue weighted by Gasteiger charge is 2.21. The van der Waals surface area contributed by atoms with E-state index < -0.39 is 11.8 Å². The predicted molar refractivity (Wildman–Crippen MR) is 82.2 cm³/mol. The molecule has 0 saturated heterocycles. The molecule has 2 rings (SSSR count). The SMILES string of the molecule is CC(C)C1CCCC(Nc2ccc(F)c(C(=O)O)c2)CC1. The van der Waals surface area contributed by atoms with Gasteiger partial charge in [-0.05, 0) is 49.3 Å². The third kappa shape index (κ3) is 4.19. The third-order valence-corrected chi connectivity index (χ3v) is 4.52. The van der Waals surface area contributed by atoms with Gasteiger partial charge >= 0.3 is 5.97 Å². The van der Waals surface area contributed by atoms with Gasteiger partial charge in [-0.2, -0.15) is 0 Å². The highest BCUT2D eigenvalue weighted by atomic mass is 19.1. The van der Waals surface area contributed by atoms with E-state index in [1.807, 2.05) is 0 Å². The molecule has 0 spiro atoms. The Bertz CT molecular complexity index is 502. The lowest BCUT2D eigenvalue weighted by Crippen LogP contribution is -2.19. The van der Waals surface area contributed by atoms with E-state index in [9.17, 15) is 9.18 Å². The summed E-state index contributed by atoms with van der Waals surface area (Å²) in [5.41, 5.74) is 0.426. The Kier molecular flexibility index (Phi) is 5.21. The zero-order valence-corrected chi connectivity index (χ0v) is 12.7. The van der Waals surface area contributed by atoms with Crippen LogP contribution in [0.3, 0.4) is 0 Å². The maximum atomic E-state index is 13.4. The van der Waals surface area contributed by atoms with Crippen LogP contribution < -0.4 is 5.32 Å². The van der Waals surface area contributed by atoms with Crippen molar-refractivity contribution in [3.8, 4) is 0 Å². The lowest BCUT2D eigenvalue weighted by atomic mass is 9.89. The van der Waals surface area contributed by atoms with Gasteiger partial charge in [-0.1, -0.05) is 26.7 Å². The predicted octanol–water partition coefficient (Wildman–Crippen LogP) is 4.54. The van der Waals surface area contributed by atoms with Crippen LogP contribution in [0.25, 0.3) is 0 Å². The number of hydrogen-bond acceptors (Lipinski definition) is 2. The summed E-state index contributed by atoms with van der Waals surface area (Å²) in [6.45, 7) is 4.55. The number of anilines is 1. The van der Waals surface area contributed by atoms with Crippen LogP contribution in [0.4, 0.5) is 10.1 Å². The number of nitrogens with one attached hydrogen (secondary N) is 1. The highest BCUT2D eigenvalue weighted by molar-refractivity contribution is 5.89. The first-order valence-corrected chi connectivity index (χ1v) is 7.76. The summed E-state index contributed by atoms with van der Waals surface area (Å²) in [5, 5.41) is 12.3. The van der Waals surface area contributed by atoms with Crippen molar-refractivity contribution in [1.29, 1.82) is 0 Å². The average Bonchev–Trinajstić information content (AvgIpc) is 2.66. The minimum atomic E-state index is -1.23. The molecule has 1 aliphatic carbocycles. The largest absolute Gasteiger partial charge is 0.478 e.